The van der Waals surface area contributed by atoms with Crippen molar-refractivity contribution in [2.75, 3.05) is 0 Å². The second-order valence-electron chi connectivity index (χ2n) is 12.1. The van der Waals surface area contributed by atoms with Gasteiger partial charge in [0.1, 0.15) is 0 Å². The Morgan fingerprint density at radius 2 is 1.95 bits per heavy atom. The van der Waals surface area contributed by atoms with Crippen molar-refractivity contribution in [1.82, 2.24) is 4.98 Å². The molecule has 1 fully saturated rings. The molecule has 6 nitrogen and oxygen atoms in total. The van der Waals surface area contributed by atoms with Gasteiger partial charge < -0.3 is 25.4 Å². The zero-order valence-corrected chi connectivity index (χ0v) is 22.9. The standard InChI is InChI=1S/C31H51NO5/c1-2-3-5-8-23-11-12-26(29(34)20-23)9-6-4-7-10-27(30(35)36)28(33)14-17-31(37)16-13-24(21-31)19-25-15-18-32-22-25/h11-12,15,18,22-24,26-29,32-34,37H,2-10,13-14,16-17,19-21H2,1H3,(H,35,36)/t23-,24-,26-,27+,28-,29-,31-/m1/s1. The summed E-state index contributed by atoms with van der Waals surface area (Å²) < 4.78 is 0. The second kappa shape index (κ2) is 15.1. The number of aliphatic hydroxyl groups is 3. The molecule has 0 unspecified atom stereocenters. The smallest absolute Gasteiger partial charge is 0.309 e. The minimum atomic E-state index is -0.948. The number of nitrogens with one attached hydrogen (secondary N) is 1. The zero-order valence-electron chi connectivity index (χ0n) is 22.9. The molecule has 2 aliphatic carbocycles. The van der Waals surface area contributed by atoms with E-state index >= 15 is 0 Å². The Hall–Kier alpha value is -1.63. The van der Waals surface area contributed by atoms with Crippen molar-refractivity contribution in [3.63, 3.8) is 0 Å². The van der Waals surface area contributed by atoms with Gasteiger partial charge in [-0.25, -0.2) is 0 Å². The Morgan fingerprint density at radius 1 is 1.14 bits per heavy atom. The topological polar surface area (TPSA) is 114 Å². The van der Waals surface area contributed by atoms with Gasteiger partial charge in [0.05, 0.1) is 23.7 Å². The minimum Gasteiger partial charge on any atom is -0.481 e. The van der Waals surface area contributed by atoms with E-state index in [2.05, 4.69) is 30.1 Å². The van der Waals surface area contributed by atoms with Crippen LogP contribution in [0, 0.1) is 23.7 Å². The number of aromatic nitrogens is 1. The van der Waals surface area contributed by atoms with Crippen molar-refractivity contribution in [2.45, 2.75) is 127 Å². The number of hydrogen-bond donors (Lipinski definition) is 5. The Bertz CT molecular complexity index is 809. The van der Waals surface area contributed by atoms with Gasteiger partial charge in [-0.1, -0.05) is 57.6 Å². The van der Waals surface area contributed by atoms with Crippen LogP contribution in [0.15, 0.2) is 30.6 Å². The first-order chi connectivity index (χ1) is 17.8. The SMILES string of the molecule is CCCCC[C@@H]1C=C[C@@H](CCCCC[C@H](C(=O)O)[C@H](O)CC[C@]2(O)CC[C@H](Cc3cc[nH]c3)C2)[C@H](O)C1. The monoisotopic (exact) mass is 517 g/mol. The lowest BCUT2D eigenvalue weighted by atomic mass is 9.81. The quantitative estimate of drug-likeness (QED) is 0.128. The fourth-order valence-corrected chi connectivity index (χ4v) is 6.60. The molecule has 1 saturated carbocycles. The van der Waals surface area contributed by atoms with Gasteiger partial charge in [-0.05, 0) is 87.7 Å². The van der Waals surface area contributed by atoms with E-state index in [0.29, 0.717) is 43.9 Å². The average molecular weight is 518 g/mol. The fraction of sp³-hybridized carbons (Fsp3) is 0.774. The predicted octanol–water partition coefficient (Wildman–Crippen LogP) is 6.01. The highest BCUT2D eigenvalue weighted by Crippen LogP contribution is 2.40. The van der Waals surface area contributed by atoms with E-state index in [-0.39, 0.29) is 12.0 Å². The molecule has 0 aliphatic heterocycles. The van der Waals surface area contributed by atoms with Gasteiger partial charge in [0.15, 0.2) is 0 Å². The highest BCUT2D eigenvalue weighted by atomic mass is 16.4. The van der Waals surface area contributed by atoms with E-state index in [1.807, 2.05) is 12.4 Å². The summed E-state index contributed by atoms with van der Waals surface area (Å²) in [5.74, 6) is -0.599. The Labute approximate surface area is 223 Å². The van der Waals surface area contributed by atoms with Crippen LogP contribution in [0.2, 0.25) is 0 Å². The van der Waals surface area contributed by atoms with E-state index in [4.69, 9.17) is 0 Å². The van der Waals surface area contributed by atoms with Crippen LogP contribution < -0.4 is 0 Å². The van der Waals surface area contributed by atoms with Gasteiger partial charge in [-0.2, -0.15) is 0 Å². The molecular formula is C31H51NO5. The summed E-state index contributed by atoms with van der Waals surface area (Å²) in [5, 5.41) is 42.0. The number of rotatable bonds is 17. The van der Waals surface area contributed by atoms with Crippen molar-refractivity contribution < 1.29 is 25.2 Å². The lowest BCUT2D eigenvalue weighted by molar-refractivity contribution is -0.146. The first kappa shape index (κ1) is 29.9. The molecule has 37 heavy (non-hydrogen) atoms. The molecule has 0 bridgehead atoms. The average Bonchev–Trinajstić information content (AvgIpc) is 3.51. The van der Waals surface area contributed by atoms with Crippen molar-refractivity contribution in [3.05, 3.63) is 36.2 Å². The summed E-state index contributed by atoms with van der Waals surface area (Å²) in [6.45, 7) is 2.21. The van der Waals surface area contributed by atoms with Crippen molar-refractivity contribution in [2.24, 2.45) is 23.7 Å². The van der Waals surface area contributed by atoms with Gasteiger partial charge in [0.2, 0.25) is 0 Å². The van der Waals surface area contributed by atoms with Crippen LogP contribution in [0.25, 0.3) is 0 Å². The summed E-state index contributed by atoms with van der Waals surface area (Å²) >= 11 is 0. The van der Waals surface area contributed by atoms with Gasteiger partial charge >= 0.3 is 5.97 Å². The summed E-state index contributed by atoms with van der Waals surface area (Å²) in [4.78, 5) is 14.9. The van der Waals surface area contributed by atoms with Crippen molar-refractivity contribution >= 4 is 5.97 Å². The third-order valence-corrected chi connectivity index (χ3v) is 8.96. The predicted molar refractivity (Wildman–Crippen MR) is 147 cm³/mol. The number of allylic oxidation sites excluding steroid dienone is 1. The summed E-state index contributed by atoms with van der Waals surface area (Å²) in [6, 6.07) is 2.07. The number of carboxylic acid groups (broad SMARTS) is 1. The van der Waals surface area contributed by atoms with Crippen LogP contribution in [0.1, 0.15) is 109 Å². The van der Waals surface area contributed by atoms with Crippen LogP contribution in [0.5, 0.6) is 0 Å². The van der Waals surface area contributed by atoms with E-state index in [1.165, 1.54) is 31.2 Å². The highest BCUT2D eigenvalue weighted by Gasteiger charge is 2.38. The van der Waals surface area contributed by atoms with Crippen LogP contribution in [0.3, 0.4) is 0 Å². The van der Waals surface area contributed by atoms with E-state index < -0.39 is 23.6 Å². The van der Waals surface area contributed by atoms with Gasteiger partial charge in [-0.3, -0.25) is 4.79 Å². The Balaban J connectivity index is 1.33. The number of hydrogen-bond acceptors (Lipinski definition) is 4. The first-order valence-corrected chi connectivity index (χ1v) is 14.9. The van der Waals surface area contributed by atoms with Crippen LogP contribution in [-0.2, 0) is 11.2 Å². The Kier molecular flexibility index (Phi) is 12.2. The number of aromatic amines is 1. The molecule has 7 atom stereocenters. The van der Waals surface area contributed by atoms with Crippen molar-refractivity contribution in [1.29, 1.82) is 0 Å². The molecule has 0 spiro atoms. The molecule has 3 rings (SSSR count). The number of carboxylic acids is 1. The van der Waals surface area contributed by atoms with E-state index in [1.54, 1.807) is 0 Å². The molecule has 1 aromatic heterocycles. The largest absolute Gasteiger partial charge is 0.481 e. The molecule has 0 amide bonds. The number of aliphatic hydroxyl groups excluding tert-OH is 2. The first-order valence-electron chi connectivity index (χ1n) is 14.9. The maximum atomic E-state index is 11.9. The number of aliphatic carboxylic acids is 1. The van der Waals surface area contributed by atoms with Gasteiger partial charge in [-0.15, -0.1) is 0 Å². The van der Waals surface area contributed by atoms with E-state index in [0.717, 1.165) is 44.9 Å². The fourth-order valence-electron chi connectivity index (χ4n) is 6.60. The number of carbonyl (C=O) groups is 1. The molecule has 0 radical (unpaired) electrons. The Morgan fingerprint density at radius 3 is 2.65 bits per heavy atom. The molecule has 1 aromatic rings. The number of H-pyrrole nitrogens is 1. The summed E-state index contributed by atoms with van der Waals surface area (Å²) in [5.41, 5.74) is 0.454. The maximum absolute atomic E-state index is 11.9. The van der Waals surface area contributed by atoms with Crippen molar-refractivity contribution in [3.8, 4) is 0 Å². The van der Waals surface area contributed by atoms with Gasteiger partial charge in [0, 0.05) is 18.3 Å². The number of unbranched alkanes of at least 4 members (excludes halogenated alkanes) is 4. The highest BCUT2D eigenvalue weighted by molar-refractivity contribution is 5.70. The zero-order chi connectivity index (χ0) is 26.7. The lowest BCUT2D eigenvalue weighted by Crippen LogP contribution is -2.32. The molecule has 0 aromatic carbocycles. The summed E-state index contributed by atoms with van der Waals surface area (Å²) in [6.07, 6.45) is 21.0. The third kappa shape index (κ3) is 9.88. The van der Waals surface area contributed by atoms with E-state index in [9.17, 15) is 25.2 Å². The summed E-state index contributed by atoms with van der Waals surface area (Å²) in [7, 11) is 0. The van der Waals surface area contributed by atoms with Gasteiger partial charge in [0.25, 0.3) is 0 Å². The molecular weight excluding hydrogens is 466 g/mol. The van der Waals surface area contributed by atoms with Crippen LogP contribution >= 0.6 is 0 Å². The van der Waals surface area contributed by atoms with Crippen LogP contribution in [0.4, 0.5) is 0 Å². The third-order valence-electron chi connectivity index (χ3n) is 8.96. The molecule has 6 heteroatoms. The minimum absolute atomic E-state index is 0.205. The second-order valence-corrected chi connectivity index (χ2v) is 12.1. The normalized spacial score (nSPS) is 29.4. The molecule has 0 saturated heterocycles. The molecule has 1 heterocycles. The molecule has 210 valence electrons. The molecule has 2 aliphatic rings. The lowest BCUT2D eigenvalue weighted by Gasteiger charge is -2.28. The van der Waals surface area contributed by atoms with Crippen LogP contribution in [-0.4, -0.2) is 49.2 Å². The molecule has 5 N–H and O–H groups in total. The maximum Gasteiger partial charge on any atom is 0.309 e.